The number of carbonyl (C=O) groups is 1. The summed E-state index contributed by atoms with van der Waals surface area (Å²) in [6.45, 7) is 3.21. The third kappa shape index (κ3) is 4.72. The average molecular weight is 305 g/mol. The summed E-state index contributed by atoms with van der Waals surface area (Å²) in [5.41, 5.74) is 1.58. The first-order chi connectivity index (χ1) is 10.2. The molecule has 2 rings (SSSR count). The van der Waals surface area contributed by atoms with Gasteiger partial charge in [-0.1, -0.05) is 17.7 Å². The molecular formula is C15H17ClN4O. The molecule has 0 atom stereocenters. The second kappa shape index (κ2) is 7.59. The summed E-state index contributed by atoms with van der Waals surface area (Å²) < 4.78 is 0. The third-order valence-electron chi connectivity index (χ3n) is 2.84. The number of hydrogen-bond donors (Lipinski definition) is 2. The van der Waals surface area contributed by atoms with E-state index in [4.69, 9.17) is 11.6 Å². The lowest BCUT2D eigenvalue weighted by molar-refractivity contribution is 0.0954. The number of anilines is 1. The van der Waals surface area contributed by atoms with Gasteiger partial charge in [-0.15, -0.1) is 0 Å². The Balaban J connectivity index is 1.94. The predicted octanol–water partition coefficient (Wildman–Crippen LogP) is 2.53. The molecule has 2 heterocycles. The Labute approximate surface area is 128 Å². The van der Waals surface area contributed by atoms with Gasteiger partial charge in [-0.2, -0.15) is 0 Å². The highest BCUT2D eigenvalue weighted by atomic mass is 35.5. The number of nitrogens with one attached hydrogen (secondary N) is 2. The maximum absolute atomic E-state index is 12.1. The third-order valence-corrected chi connectivity index (χ3v) is 3.03. The van der Waals surface area contributed by atoms with Crippen molar-refractivity contribution in [3.8, 4) is 0 Å². The van der Waals surface area contributed by atoms with Crippen LogP contribution in [0, 0.1) is 0 Å². The number of aromatic nitrogens is 2. The Morgan fingerprint density at radius 1 is 1.38 bits per heavy atom. The van der Waals surface area contributed by atoms with Crippen LogP contribution >= 0.6 is 11.6 Å². The molecule has 21 heavy (non-hydrogen) atoms. The van der Waals surface area contributed by atoms with E-state index in [0.29, 0.717) is 23.1 Å². The van der Waals surface area contributed by atoms with E-state index in [0.717, 1.165) is 18.5 Å². The van der Waals surface area contributed by atoms with Gasteiger partial charge in [0.25, 0.3) is 5.91 Å². The molecule has 2 aromatic rings. The standard InChI is InChI=1S/C15H17ClN4O/c1-2-18-14-9-12(8-13(16)20-14)15(21)19-7-5-11-4-3-6-17-10-11/h3-4,6,8-10H,2,5,7H2,1H3,(H,18,20)(H,19,21). The Morgan fingerprint density at radius 3 is 2.95 bits per heavy atom. The fourth-order valence-corrected chi connectivity index (χ4v) is 2.08. The summed E-state index contributed by atoms with van der Waals surface area (Å²) >= 11 is 5.92. The number of carbonyl (C=O) groups excluding carboxylic acids is 1. The highest BCUT2D eigenvalue weighted by molar-refractivity contribution is 6.29. The Kier molecular flexibility index (Phi) is 5.51. The monoisotopic (exact) mass is 304 g/mol. The van der Waals surface area contributed by atoms with Crippen LogP contribution in [0.3, 0.4) is 0 Å². The van der Waals surface area contributed by atoms with Crippen molar-refractivity contribution in [1.82, 2.24) is 15.3 Å². The second-order valence-electron chi connectivity index (χ2n) is 4.46. The van der Waals surface area contributed by atoms with E-state index in [2.05, 4.69) is 20.6 Å². The average Bonchev–Trinajstić information content (AvgIpc) is 2.48. The van der Waals surface area contributed by atoms with Crippen LogP contribution in [-0.4, -0.2) is 29.0 Å². The van der Waals surface area contributed by atoms with E-state index in [1.54, 1.807) is 24.5 Å². The van der Waals surface area contributed by atoms with Crippen molar-refractivity contribution in [2.45, 2.75) is 13.3 Å². The minimum atomic E-state index is -0.164. The summed E-state index contributed by atoms with van der Waals surface area (Å²) in [4.78, 5) is 20.2. The van der Waals surface area contributed by atoms with Crippen LogP contribution in [0.2, 0.25) is 5.15 Å². The van der Waals surface area contributed by atoms with Gasteiger partial charge in [-0.05, 0) is 37.1 Å². The molecule has 0 saturated heterocycles. The molecule has 0 radical (unpaired) electrons. The number of rotatable bonds is 6. The highest BCUT2D eigenvalue weighted by Gasteiger charge is 2.08. The molecule has 0 bridgehead atoms. The largest absolute Gasteiger partial charge is 0.370 e. The molecule has 0 saturated carbocycles. The SMILES string of the molecule is CCNc1cc(C(=O)NCCc2cccnc2)cc(Cl)n1. The van der Waals surface area contributed by atoms with E-state index in [1.165, 1.54) is 0 Å². The summed E-state index contributed by atoms with van der Waals surface area (Å²) in [7, 11) is 0. The van der Waals surface area contributed by atoms with Crippen LogP contribution in [0.4, 0.5) is 5.82 Å². The van der Waals surface area contributed by atoms with Crippen LogP contribution < -0.4 is 10.6 Å². The summed E-state index contributed by atoms with van der Waals surface area (Å²) in [6.07, 6.45) is 4.25. The number of nitrogens with zero attached hydrogens (tertiary/aromatic N) is 2. The van der Waals surface area contributed by atoms with Gasteiger partial charge >= 0.3 is 0 Å². The van der Waals surface area contributed by atoms with Gasteiger partial charge < -0.3 is 10.6 Å². The zero-order valence-corrected chi connectivity index (χ0v) is 12.5. The van der Waals surface area contributed by atoms with Gasteiger partial charge in [0, 0.05) is 31.0 Å². The van der Waals surface area contributed by atoms with Gasteiger partial charge in [0.05, 0.1) is 0 Å². The van der Waals surface area contributed by atoms with Gasteiger partial charge in [-0.3, -0.25) is 9.78 Å². The van der Waals surface area contributed by atoms with E-state index >= 15 is 0 Å². The molecule has 1 amide bonds. The molecular weight excluding hydrogens is 288 g/mol. The van der Waals surface area contributed by atoms with Crippen LogP contribution in [0.15, 0.2) is 36.7 Å². The first kappa shape index (κ1) is 15.3. The van der Waals surface area contributed by atoms with Gasteiger partial charge in [-0.25, -0.2) is 4.98 Å². The Bertz CT molecular complexity index is 604. The zero-order valence-electron chi connectivity index (χ0n) is 11.8. The fraction of sp³-hybridized carbons (Fsp3) is 0.267. The number of halogens is 1. The molecule has 0 unspecified atom stereocenters. The number of hydrogen-bond acceptors (Lipinski definition) is 4. The lowest BCUT2D eigenvalue weighted by atomic mass is 10.2. The zero-order chi connectivity index (χ0) is 15.1. The molecule has 6 heteroatoms. The highest BCUT2D eigenvalue weighted by Crippen LogP contribution is 2.14. The quantitative estimate of drug-likeness (QED) is 0.805. The Hall–Kier alpha value is -2.14. The number of pyridine rings is 2. The summed E-state index contributed by atoms with van der Waals surface area (Å²) in [5.74, 6) is 0.435. The van der Waals surface area contributed by atoms with Gasteiger partial charge in [0.2, 0.25) is 0 Å². The van der Waals surface area contributed by atoms with Crippen molar-refractivity contribution < 1.29 is 4.79 Å². The van der Waals surface area contributed by atoms with Crippen molar-refractivity contribution in [3.05, 3.63) is 52.9 Å². The lowest BCUT2D eigenvalue weighted by Crippen LogP contribution is -2.26. The number of amides is 1. The minimum Gasteiger partial charge on any atom is -0.370 e. The maximum atomic E-state index is 12.1. The van der Waals surface area contributed by atoms with Crippen molar-refractivity contribution >= 4 is 23.3 Å². The van der Waals surface area contributed by atoms with E-state index in [1.807, 2.05) is 19.1 Å². The molecule has 0 aliphatic carbocycles. The molecule has 0 aliphatic rings. The summed E-state index contributed by atoms with van der Waals surface area (Å²) in [6, 6.07) is 7.10. The molecule has 0 fully saturated rings. The Morgan fingerprint density at radius 2 is 2.24 bits per heavy atom. The van der Waals surface area contributed by atoms with Crippen molar-refractivity contribution in [2.75, 3.05) is 18.4 Å². The van der Waals surface area contributed by atoms with Gasteiger partial charge in [0.1, 0.15) is 11.0 Å². The lowest BCUT2D eigenvalue weighted by Gasteiger charge is -2.08. The molecule has 2 N–H and O–H groups in total. The normalized spacial score (nSPS) is 10.2. The van der Waals surface area contributed by atoms with Crippen LogP contribution in [0.1, 0.15) is 22.8 Å². The molecule has 0 aliphatic heterocycles. The van der Waals surface area contributed by atoms with Gasteiger partial charge in [0.15, 0.2) is 0 Å². The summed E-state index contributed by atoms with van der Waals surface area (Å²) in [5, 5.41) is 6.20. The minimum absolute atomic E-state index is 0.164. The smallest absolute Gasteiger partial charge is 0.251 e. The van der Waals surface area contributed by atoms with E-state index in [-0.39, 0.29) is 5.91 Å². The van der Waals surface area contributed by atoms with E-state index < -0.39 is 0 Å². The topological polar surface area (TPSA) is 66.9 Å². The molecule has 0 aromatic carbocycles. The van der Waals surface area contributed by atoms with E-state index in [9.17, 15) is 4.79 Å². The van der Waals surface area contributed by atoms with Crippen molar-refractivity contribution in [2.24, 2.45) is 0 Å². The second-order valence-corrected chi connectivity index (χ2v) is 4.85. The van der Waals surface area contributed by atoms with Crippen molar-refractivity contribution in [3.63, 3.8) is 0 Å². The fourth-order valence-electron chi connectivity index (χ4n) is 1.87. The molecule has 2 aromatic heterocycles. The van der Waals surface area contributed by atoms with Crippen molar-refractivity contribution in [1.29, 1.82) is 0 Å². The van der Waals surface area contributed by atoms with Crippen LogP contribution in [0.25, 0.3) is 0 Å². The maximum Gasteiger partial charge on any atom is 0.251 e. The predicted molar refractivity (Wildman–Crippen MR) is 83.7 cm³/mol. The molecule has 5 nitrogen and oxygen atoms in total. The van der Waals surface area contributed by atoms with Crippen LogP contribution in [-0.2, 0) is 6.42 Å². The first-order valence-corrected chi connectivity index (χ1v) is 7.15. The molecule has 0 spiro atoms. The molecule has 110 valence electrons. The van der Waals surface area contributed by atoms with Crippen LogP contribution in [0.5, 0.6) is 0 Å². The first-order valence-electron chi connectivity index (χ1n) is 6.77.